The number of hydrogen-bond acceptors (Lipinski definition) is 7. The monoisotopic (exact) mass is 551 g/mol. The number of hydrogen-bond donors (Lipinski definition) is 2. The third-order valence-electron chi connectivity index (χ3n) is 9.84. The number of amides is 1. The van der Waals surface area contributed by atoms with Crippen LogP contribution in [0.15, 0.2) is 41.5 Å². The molecule has 1 aromatic rings. The minimum atomic E-state index is -0.644. The number of aliphatic hydroxyl groups excluding tert-OH is 1. The van der Waals surface area contributed by atoms with Gasteiger partial charge in [-0.15, -0.1) is 0 Å². The second-order valence-corrected chi connectivity index (χ2v) is 12.9. The lowest BCUT2D eigenvalue weighted by Gasteiger charge is -2.53. The Kier molecular flexibility index (Phi) is 7.40. The highest BCUT2D eigenvalue weighted by atomic mass is 16.7. The average Bonchev–Trinajstić information content (AvgIpc) is 3.31. The van der Waals surface area contributed by atoms with Gasteiger partial charge in [-0.05, 0) is 80.1 Å². The van der Waals surface area contributed by atoms with Crippen molar-refractivity contribution in [1.82, 2.24) is 5.32 Å². The van der Waals surface area contributed by atoms with E-state index < -0.39 is 24.3 Å². The van der Waals surface area contributed by atoms with E-state index in [1.165, 1.54) is 18.4 Å². The van der Waals surface area contributed by atoms with Crippen LogP contribution in [0.2, 0.25) is 0 Å². The van der Waals surface area contributed by atoms with Crippen LogP contribution < -0.4 is 5.32 Å². The molecule has 1 aromatic carbocycles. The zero-order valence-electron chi connectivity index (χ0n) is 23.7. The van der Waals surface area contributed by atoms with Crippen LogP contribution >= 0.6 is 0 Å². The van der Waals surface area contributed by atoms with E-state index in [1.54, 1.807) is 6.08 Å². The zero-order chi connectivity index (χ0) is 28.1. The molecule has 2 heterocycles. The molecular weight excluding hydrogens is 510 g/mol. The van der Waals surface area contributed by atoms with Gasteiger partial charge in [-0.2, -0.15) is 0 Å². The summed E-state index contributed by atoms with van der Waals surface area (Å²) in [5, 5.41) is 11.7. The van der Waals surface area contributed by atoms with E-state index in [-0.39, 0.29) is 37.9 Å². The van der Waals surface area contributed by atoms with Crippen molar-refractivity contribution in [2.45, 2.75) is 89.3 Å². The Labute approximate surface area is 236 Å². The van der Waals surface area contributed by atoms with E-state index >= 15 is 0 Å². The number of esters is 1. The molecule has 0 bridgehead atoms. The van der Waals surface area contributed by atoms with E-state index in [9.17, 15) is 9.59 Å². The van der Waals surface area contributed by atoms with Crippen molar-refractivity contribution in [3.05, 3.63) is 52.6 Å². The van der Waals surface area contributed by atoms with E-state index in [2.05, 4.69) is 32.2 Å². The van der Waals surface area contributed by atoms with Crippen molar-refractivity contribution in [3.8, 4) is 0 Å². The largest absolute Gasteiger partial charge is 0.456 e. The maximum atomic E-state index is 13.1. The summed E-state index contributed by atoms with van der Waals surface area (Å²) >= 11 is 0. The molecule has 6 rings (SSSR count). The Hall–Kier alpha value is -2.52. The molecular formula is C32H41NO7. The summed E-state index contributed by atoms with van der Waals surface area (Å²) in [6.45, 7) is 7.16. The van der Waals surface area contributed by atoms with Crippen LogP contribution in [0.4, 0.5) is 0 Å². The number of fused-ring (bicyclic) bond motifs is 3. The van der Waals surface area contributed by atoms with Crippen molar-refractivity contribution >= 4 is 18.0 Å². The van der Waals surface area contributed by atoms with Gasteiger partial charge in [0.1, 0.15) is 25.1 Å². The topological polar surface area (TPSA) is 107 Å². The summed E-state index contributed by atoms with van der Waals surface area (Å²) in [6, 6.07) is 7.59. The second kappa shape index (κ2) is 10.7. The normalized spacial score (nSPS) is 36.9. The Morgan fingerprint density at radius 1 is 1.15 bits per heavy atom. The molecule has 3 aliphatic carbocycles. The molecule has 2 saturated carbocycles. The zero-order valence-corrected chi connectivity index (χ0v) is 23.7. The lowest BCUT2D eigenvalue weighted by molar-refractivity contribution is -0.118. The first kappa shape index (κ1) is 27.6. The van der Waals surface area contributed by atoms with E-state index in [1.807, 2.05) is 24.3 Å². The summed E-state index contributed by atoms with van der Waals surface area (Å²) in [4.78, 5) is 25.6. The molecule has 40 heavy (non-hydrogen) atoms. The molecule has 1 amide bonds. The first-order chi connectivity index (χ1) is 19.2. The van der Waals surface area contributed by atoms with Gasteiger partial charge in [0.15, 0.2) is 0 Å². The summed E-state index contributed by atoms with van der Waals surface area (Å²) in [5.41, 5.74) is 3.95. The summed E-state index contributed by atoms with van der Waals surface area (Å²) in [5.74, 6) is 0.536. The predicted molar refractivity (Wildman–Crippen MR) is 148 cm³/mol. The highest BCUT2D eigenvalue weighted by Gasteiger charge is 2.56. The molecule has 4 fully saturated rings. The number of rotatable bonds is 6. The number of aliphatic hydroxyl groups is 1. The van der Waals surface area contributed by atoms with Crippen LogP contribution in [0.5, 0.6) is 0 Å². The molecule has 7 atom stereocenters. The fraction of sp³-hybridized carbons (Fsp3) is 0.625. The minimum Gasteiger partial charge on any atom is -0.456 e. The fourth-order valence-electron chi connectivity index (χ4n) is 7.35. The quantitative estimate of drug-likeness (QED) is 0.404. The van der Waals surface area contributed by atoms with Gasteiger partial charge in [0.2, 0.25) is 5.91 Å². The highest BCUT2D eigenvalue weighted by molar-refractivity contribution is 5.94. The number of benzene rings is 1. The Balaban J connectivity index is 1.13. The number of epoxide rings is 1. The SMILES string of the molecule is CC1(C)C[C@@H]2C(=Cc3ccc(C(=O)O[C@@H]4CC(C(=O)NCCO)=C[C@H]5OCO[C@H]54)cc3)CCC3O[C@]3(C)CC[C@H]21. The maximum absolute atomic E-state index is 13.1. The van der Waals surface area contributed by atoms with Gasteiger partial charge < -0.3 is 29.4 Å². The molecule has 2 saturated heterocycles. The smallest absolute Gasteiger partial charge is 0.338 e. The lowest BCUT2D eigenvalue weighted by atomic mass is 9.52. The number of carbonyl (C=O) groups excluding carboxylic acids is 2. The van der Waals surface area contributed by atoms with Crippen LogP contribution in [-0.4, -0.2) is 66.9 Å². The molecule has 0 aromatic heterocycles. The standard InChI is InChI=1S/C32H41NO7/c1-31(2)17-23-21(8-9-27-32(3,40-27)11-10-24(23)31)14-19-4-6-20(7-5-19)30(36)39-26-16-22(29(35)33-12-13-34)15-25-28(26)38-18-37-25/h4-7,14-15,23-28,34H,8-13,16-18H2,1-3H3,(H,33,35)/t23-,24-,25-,26-,27?,28-,32-/m1/s1. The van der Waals surface area contributed by atoms with Gasteiger partial charge in [-0.1, -0.05) is 37.6 Å². The van der Waals surface area contributed by atoms with Crippen molar-refractivity contribution in [1.29, 1.82) is 0 Å². The number of nitrogens with one attached hydrogen (secondary N) is 1. The molecule has 0 radical (unpaired) electrons. The minimum absolute atomic E-state index is 0.0709. The molecule has 2 N–H and O–H groups in total. The Morgan fingerprint density at radius 2 is 1.95 bits per heavy atom. The number of carbonyl (C=O) groups is 2. The molecule has 0 spiro atoms. The number of ether oxygens (including phenoxy) is 4. The van der Waals surface area contributed by atoms with Crippen LogP contribution in [0, 0.1) is 17.3 Å². The second-order valence-electron chi connectivity index (χ2n) is 12.9. The summed E-state index contributed by atoms with van der Waals surface area (Å²) < 4.78 is 23.2. The fourth-order valence-corrected chi connectivity index (χ4v) is 7.35. The molecule has 216 valence electrons. The van der Waals surface area contributed by atoms with Crippen molar-refractivity contribution < 1.29 is 33.6 Å². The average molecular weight is 552 g/mol. The molecule has 1 unspecified atom stereocenters. The molecule has 8 heteroatoms. The van der Waals surface area contributed by atoms with E-state index in [4.69, 9.17) is 24.1 Å². The van der Waals surface area contributed by atoms with Crippen LogP contribution in [-0.2, 0) is 23.7 Å². The summed E-state index contributed by atoms with van der Waals surface area (Å²) in [7, 11) is 0. The molecule has 5 aliphatic rings. The third-order valence-corrected chi connectivity index (χ3v) is 9.84. The maximum Gasteiger partial charge on any atom is 0.338 e. The third kappa shape index (κ3) is 5.39. The van der Waals surface area contributed by atoms with E-state index in [0.29, 0.717) is 34.5 Å². The predicted octanol–water partition coefficient (Wildman–Crippen LogP) is 4.17. The number of allylic oxidation sites excluding steroid dienone is 1. The Morgan fingerprint density at radius 3 is 2.70 bits per heavy atom. The molecule has 2 aliphatic heterocycles. The molecule has 8 nitrogen and oxygen atoms in total. The van der Waals surface area contributed by atoms with Gasteiger partial charge in [0, 0.05) is 18.5 Å². The van der Waals surface area contributed by atoms with Gasteiger partial charge in [-0.25, -0.2) is 4.79 Å². The van der Waals surface area contributed by atoms with Gasteiger partial charge >= 0.3 is 5.97 Å². The van der Waals surface area contributed by atoms with Gasteiger partial charge in [0.05, 0.1) is 23.9 Å². The van der Waals surface area contributed by atoms with Crippen molar-refractivity contribution in [2.24, 2.45) is 17.3 Å². The van der Waals surface area contributed by atoms with Crippen LogP contribution in [0.3, 0.4) is 0 Å². The van der Waals surface area contributed by atoms with Crippen LogP contribution in [0.1, 0.15) is 75.2 Å². The van der Waals surface area contributed by atoms with Crippen molar-refractivity contribution in [3.63, 3.8) is 0 Å². The van der Waals surface area contributed by atoms with Gasteiger partial charge in [-0.3, -0.25) is 4.79 Å². The Bertz CT molecular complexity index is 1200. The first-order valence-electron chi connectivity index (χ1n) is 14.7. The highest BCUT2D eigenvalue weighted by Crippen LogP contribution is 2.59. The lowest BCUT2D eigenvalue weighted by Crippen LogP contribution is -2.45. The van der Waals surface area contributed by atoms with Gasteiger partial charge in [0.25, 0.3) is 0 Å². The van der Waals surface area contributed by atoms with Crippen LogP contribution in [0.25, 0.3) is 6.08 Å². The first-order valence-corrected chi connectivity index (χ1v) is 14.7. The van der Waals surface area contributed by atoms with Crippen molar-refractivity contribution in [2.75, 3.05) is 19.9 Å². The van der Waals surface area contributed by atoms with E-state index in [0.717, 1.165) is 24.8 Å². The summed E-state index contributed by atoms with van der Waals surface area (Å²) in [6.07, 6.45) is 8.79.